The summed E-state index contributed by atoms with van der Waals surface area (Å²) in [5.41, 5.74) is 1.41. The van der Waals surface area contributed by atoms with Crippen LogP contribution in [0.4, 0.5) is 0 Å². The van der Waals surface area contributed by atoms with Gasteiger partial charge < -0.3 is 9.72 Å². The Morgan fingerprint density at radius 3 is 2.73 bits per heavy atom. The molecule has 2 aromatic rings. The number of H-pyrrole nitrogens is 1. The lowest BCUT2D eigenvalue weighted by Gasteiger charge is -1.99. The van der Waals surface area contributed by atoms with Crippen LogP contribution >= 0.6 is 11.3 Å². The minimum Gasteiger partial charge on any atom is -0.469 e. The fraction of sp³-hybridized carbons (Fsp3) is 0.438. The van der Waals surface area contributed by atoms with E-state index in [1.807, 2.05) is 12.3 Å². The maximum absolute atomic E-state index is 12.1. The molecule has 2 aromatic heterocycles. The Kier molecular flexibility index (Phi) is 5.49. The van der Waals surface area contributed by atoms with Crippen molar-refractivity contribution in [3.05, 3.63) is 28.9 Å². The van der Waals surface area contributed by atoms with Crippen LogP contribution in [0.2, 0.25) is 0 Å². The molecule has 118 valence electrons. The second-order valence-corrected chi connectivity index (χ2v) is 6.42. The Hall–Kier alpha value is -1.95. The monoisotopic (exact) mass is 320 g/mol. The van der Waals surface area contributed by atoms with Gasteiger partial charge in [0, 0.05) is 23.9 Å². The van der Waals surface area contributed by atoms with Gasteiger partial charge in [0.1, 0.15) is 5.01 Å². The summed E-state index contributed by atoms with van der Waals surface area (Å²) in [6, 6.07) is 3.64. The third kappa shape index (κ3) is 4.04. The number of hydrogen-bond acceptors (Lipinski definition) is 5. The number of thiazole rings is 1. The van der Waals surface area contributed by atoms with Crippen molar-refractivity contribution >= 4 is 23.1 Å². The van der Waals surface area contributed by atoms with Gasteiger partial charge in [0.25, 0.3) is 0 Å². The quantitative estimate of drug-likeness (QED) is 0.622. The van der Waals surface area contributed by atoms with Crippen molar-refractivity contribution in [1.82, 2.24) is 9.97 Å². The summed E-state index contributed by atoms with van der Waals surface area (Å²) in [7, 11) is 1.35. The second-order valence-electron chi connectivity index (χ2n) is 5.36. The first kappa shape index (κ1) is 16.4. The smallest absolute Gasteiger partial charge is 0.305 e. The van der Waals surface area contributed by atoms with Gasteiger partial charge in [-0.25, -0.2) is 4.98 Å². The van der Waals surface area contributed by atoms with Crippen LogP contribution in [0.15, 0.2) is 18.3 Å². The fourth-order valence-corrected chi connectivity index (χ4v) is 2.89. The second kappa shape index (κ2) is 7.35. The number of hydrogen-bond donors (Lipinski definition) is 1. The highest BCUT2D eigenvalue weighted by Crippen LogP contribution is 2.29. The lowest BCUT2D eigenvalue weighted by molar-refractivity contribution is -0.140. The van der Waals surface area contributed by atoms with Gasteiger partial charge in [-0.15, -0.1) is 11.3 Å². The average molecular weight is 320 g/mol. The Morgan fingerprint density at radius 2 is 2.09 bits per heavy atom. The van der Waals surface area contributed by atoms with E-state index >= 15 is 0 Å². The van der Waals surface area contributed by atoms with Crippen LogP contribution < -0.4 is 0 Å². The molecule has 5 nitrogen and oxygen atoms in total. The van der Waals surface area contributed by atoms with Crippen molar-refractivity contribution in [3.63, 3.8) is 0 Å². The van der Waals surface area contributed by atoms with E-state index in [1.54, 1.807) is 17.4 Å². The number of aromatic nitrogens is 2. The number of Topliss-reactive ketones (excluding diaryl/α,β-unsaturated/α-hetero) is 1. The van der Waals surface area contributed by atoms with Crippen molar-refractivity contribution in [2.45, 2.75) is 39.0 Å². The van der Waals surface area contributed by atoms with Crippen LogP contribution in [0, 0.1) is 0 Å². The summed E-state index contributed by atoms with van der Waals surface area (Å²) in [5, 5.41) is 0.886. The van der Waals surface area contributed by atoms with Gasteiger partial charge in [0.2, 0.25) is 0 Å². The number of carbonyl (C=O) groups excluding carboxylic acids is 2. The third-order valence-corrected chi connectivity index (χ3v) is 4.65. The maximum atomic E-state index is 12.1. The molecule has 0 atom stereocenters. The number of nitrogens with zero attached hydrogens (tertiary/aromatic N) is 1. The summed E-state index contributed by atoms with van der Waals surface area (Å²) in [6.07, 6.45) is 2.96. The summed E-state index contributed by atoms with van der Waals surface area (Å²) in [5.74, 6) is 0.153. The Morgan fingerprint density at radius 1 is 1.32 bits per heavy atom. The van der Waals surface area contributed by atoms with Crippen LogP contribution in [0.3, 0.4) is 0 Å². The lowest BCUT2D eigenvalue weighted by Crippen LogP contribution is -2.04. The topological polar surface area (TPSA) is 72.1 Å². The SMILES string of the molecule is COC(=O)CCCC(=O)c1ccc(-c2ncc(C(C)C)s2)[nH]1. The van der Waals surface area contributed by atoms with Gasteiger partial charge in [-0.3, -0.25) is 9.59 Å². The molecular formula is C16H20N2O3S. The highest BCUT2D eigenvalue weighted by Gasteiger charge is 2.13. The van der Waals surface area contributed by atoms with Crippen molar-refractivity contribution in [2.75, 3.05) is 7.11 Å². The Bertz CT molecular complexity index is 658. The molecule has 0 aliphatic rings. The van der Waals surface area contributed by atoms with Gasteiger partial charge in [0.15, 0.2) is 5.78 Å². The number of ether oxygens (including phenoxy) is 1. The molecule has 0 unspecified atom stereocenters. The van der Waals surface area contributed by atoms with Crippen LogP contribution in [0.1, 0.15) is 54.4 Å². The Balaban J connectivity index is 1.98. The lowest BCUT2D eigenvalue weighted by atomic mass is 10.1. The molecule has 22 heavy (non-hydrogen) atoms. The van der Waals surface area contributed by atoms with Crippen molar-refractivity contribution in [3.8, 4) is 10.7 Å². The van der Waals surface area contributed by atoms with Crippen molar-refractivity contribution in [2.24, 2.45) is 0 Å². The molecule has 0 aromatic carbocycles. The first-order valence-corrected chi connectivity index (χ1v) is 8.08. The predicted octanol–water partition coefficient (Wildman–Crippen LogP) is 3.79. The minimum absolute atomic E-state index is 0.00390. The zero-order valence-corrected chi connectivity index (χ0v) is 13.8. The largest absolute Gasteiger partial charge is 0.469 e. The fourth-order valence-electron chi connectivity index (χ4n) is 1.99. The predicted molar refractivity (Wildman–Crippen MR) is 86.2 cm³/mol. The molecule has 6 heteroatoms. The number of rotatable bonds is 7. The molecule has 2 heterocycles. The first-order chi connectivity index (χ1) is 10.5. The zero-order valence-electron chi connectivity index (χ0n) is 13.0. The standard InChI is InChI=1S/C16H20N2O3S/c1-10(2)14-9-17-16(22-14)12-8-7-11(18-12)13(19)5-4-6-15(20)21-3/h7-10,18H,4-6H2,1-3H3. The summed E-state index contributed by atoms with van der Waals surface area (Å²) >= 11 is 1.63. The van der Waals surface area contributed by atoms with Crippen LogP contribution in [0.5, 0.6) is 0 Å². The van der Waals surface area contributed by atoms with Gasteiger partial charge in [-0.2, -0.15) is 0 Å². The number of carbonyl (C=O) groups is 2. The van der Waals surface area contributed by atoms with Gasteiger partial charge >= 0.3 is 5.97 Å². The van der Waals surface area contributed by atoms with Crippen molar-refractivity contribution in [1.29, 1.82) is 0 Å². The summed E-state index contributed by atoms with van der Waals surface area (Å²) in [6.45, 7) is 4.25. The number of esters is 1. The number of methoxy groups -OCH3 is 1. The van der Waals surface area contributed by atoms with Crippen LogP contribution in [-0.4, -0.2) is 28.8 Å². The molecule has 0 saturated carbocycles. The first-order valence-electron chi connectivity index (χ1n) is 7.26. The van der Waals surface area contributed by atoms with E-state index in [1.165, 1.54) is 12.0 Å². The molecule has 0 saturated heterocycles. The third-order valence-electron chi connectivity index (χ3n) is 3.32. The van der Waals surface area contributed by atoms with E-state index in [-0.39, 0.29) is 18.2 Å². The maximum Gasteiger partial charge on any atom is 0.305 e. The summed E-state index contributed by atoms with van der Waals surface area (Å²) < 4.78 is 4.56. The molecule has 0 spiro atoms. The highest BCUT2D eigenvalue weighted by atomic mass is 32.1. The molecule has 2 rings (SSSR count). The van der Waals surface area contributed by atoms with E-state index in [0.29, 0.717) is 24.5 Å². The van der Waals surface area contributed by atoms with Gasteiger partial charge in [0.05, 0.1) is 18.5 Å². The number of aromatic amines is 1. The molecule has 0 aliphatic carbocycles. The molecule has 0 radical (unpaired) electrons. The number of ketones is 1. The highest BCUT2D eigenvalue weighted by molar-refractivity contribution is 7.15. The van der Waals surface area contributed by atoms with E-state index in [4.69, 9.17) is 0 Å². The Labute approximate surface area is 133 Å². The zero-order chi connectivity index (χ0) is 16.1. The molecule has 0 aliphatic heterocycles. The van der Waals surface area contributed by atoms with E-state index in [9.17, 15) is 9.59 Å². The molecule has 0 bridgehead atoms. The molecule has 0 amide bonds. The van der Waals surface area contributed by atoms with Gasteiger partial charge in [-0.1, -0.05) is 13.8 Å². The summed E-state index contributed by atoms with van der Waals surface area (Å²) in [4.78, 5) is 31.8. The van der Waals surface area contributed by atoms with Crippen LogP contribution in [-0.2, 0) is 9.53 Å². The number of nitrogens with one attached hydrogen (secondary N) is 1. The van der Waals surface area contributed by atoms with E-state index in [2.05, 4.69) is 28.6 Å². The van der Waals surface area contributed by atoms with E-state index in [0.717, 1.165) is 10.7 Å². The van der Waals surface area contributed by atoms with Gasteiger partial charge in [-0.05, 0) is 24.5 Å². The normalized spacial score (nSPS) is 10.9. The minimum atomic E-state index is -0.288. The van der Waals surface area contributed by atoms with Crippen molar-refractivity contribution < 1.29 is 14.3 Å². The van der Waals surface area contributed by atoms with Crippen LogP contribution in [0.25, 0.3) is 10.7 Å². The van der Waals surface area contributed by atoms with E-state index < -0.39 is 0 Å². The molecule has 0 fully saturated rings. The molecular weight excluding hydrogens is 300 g/mol. The molecule has 1 N–H and O–H groups in total. The average Bonchev–Trinajstić information content (AvgIpc) is 3.15.